The molecule has 2 bridgehead atoms. The number of amides is 2. The van der Waals surface area contributed by atoms with Crippen LogP contribution in [0.3, 0.4) is 0 Å². The molecule has 5 rings (SSSR count). The molecule has 37 heavy (non-hydrogen) atoms. The van der Waals surface area contributed by atoms with Crippen LogP contribution in [0.25, 0.3) is 11.1 Å². The summed E-state index contributed by atoms with van der Waals surface area (Å²) in [5, 5.41) is 3.69. The molecular formula is C29H31ClN4O3. The summed E-state index contributed by atoms with van der Waals surface area (Å²) in [6.07, 6.45) is 5.25. The molecule has 3 N–H and O–H groups in total. The standard InChI is InChI=1S/C29H31ClN4O3/c1-29(2,37-25-14-19(8-12-24(25)30)18-6-4-3-5-7-18)28(36)33-21-15-22-10-11-23(16-21)34(22)26-13-9-20(17-32-26)27(31)35/h3-9,12-14,17,21-23H,10-11,15-16H2,1-2H3,(H2,31,35)(H,33,36)/t21-,22+,23-. The van der Waals surface area contributed by atoms with Gasteiger partial charge in [-0.3, -0.25) is 9.59 Å². The summed E-state index contributed by atoms with van der Waals surface area (Å²) in [4.78, 5) is 31.5. The predicted octanol–water partition coefficient (Wildman–Crippen LogP) is 4.97. The van der Waals surface area contributed by atoms with Gasteiger partial charge in [-0.1, -0.05) is 48.0 Å². The Kier molecular flexibility index (Phi) is 6.82. The van der Waals surface area contributed by atoms with Gasteiger partial charge in [-0.05, 0) is 74.9 Å². The maximum atomic E-state index is 13.3. The van der Waals surface area contributed by atoms with Gasteiger partial charge in [0.25, 0.3) is 5.91 Å². The first-order valence-corrected chi connectivity index (χ1v) is 13.0. The first-order valence-electron chi connectivity index (χ1n) is 12.6. The number of nitrogens with two attached hydrogens (primary N) is 1. The lowest BCUT2D eigenvalue weighted by atomic mass is 9.96. The van der Waals surface area contributed by atoms with Gasteiger partial charge >= 0.3 is 0 Å². The number of hydrogen-bond acceptors (Lipinski definition) is 5. The van der Waals surface area contributed by atoms with E-state index >= 15 is 0 Å². The van der Waals surface area contributed by atoms with Gasteiger partial charge in [-0.15, -0.1) is 0 Å². The third-order valence-electron chi connectivity index (χ3n) is 7.32. The number of hydrogen-bond donors (Lipinski definition) is 2. The average Bonchev–Trinajstić information content (AvgIpc) is 3.15. The van der Waals surface area contributed by atoms with Crippen LogP contribution in [0.2, 0.25) is 5.02 Å². The van der Waals surface area contributed by atoms with E-state index in [2.05, 4.69) is 15.2 Å². The van der Waals surface area contributed by atoms with Crippen molar-refractivity contribution in [3.8, 4) is 16.9 Å². The van der Waals surface area contributed by atoms with Crippen molar-refractivity contribution in [2.45, 2.75) is 63.3 Å². The molecule has 0 spiro atoms. The van der Waals surface area contributed by atoms with E-state index in [4.69, 9.17) is 22.1 Å². The van der Waals surface area contributed by atoms with Crippen molar-refractivity contribution in [2.75, 3.05) is 4.90 Å². The summed E-state index contributed by atoms with van der Waals surface area (Å²) in [5.41, 5.74) is 6.66. The Morgan fingerprint density at radius 2 is 1.73 bits per heavy atom. The van der Waals surface area contributed by atoms with Gasteiger partial charge in [0.2, 0.25) is 5.91 Å². The third-order valence-corrected chi connectivity index (χ3v) is 7.63. The van der Waals surface area contributed by atoms with Crippen LogP contribution in [-0.2, 0) is 4.79 Å². The van der Waals surface area contributed by atoms with Crippen molar-refractivity contribution < 1.29 is 14.3 Å². The number of aromatic nitrogens is 1. The minimum absolute atomic E-state index is 0.0418. The second kappa shape index (κ2) is 10.1. The maximum Gasteiger partial charge on any atom is 0.263 e. The number of nitrogens with zero attached hydrogens (tertiary/aromatic N) is 2. The number of pyridine rings is 1. The molecule has 2 saturated heterocycles. The fourth-order valence-corrected chi connectivity index (χ4v) is 5.58. The molecule has 1 aromatic heterocycles. The molecule has 0 saturated carbocycles. The van der Waals surface area contributed by atoms with E-state index in [0.717, 1.165) is 42.6 Å². The zero-order chi connectivity index (χ0) is 26.2. The van der Waals surface area contributed by atoms with Crippen molar-refractivity contribution in [1.29, 1.82) is 0 Å². The number of carbonyl (C=O) groups excluding carboxylic acids is 2. The van der Waals surface area contributed by atoms with Crippen LogP contribution in [-0.4, -0.2) is 40.5 Å². The molecule has 2 amide bonds. The third kappa shape index (κ3) is 5.27. The number of rotatable bonds is 7. The fraction of sp³-hybridized carbons (Fsp3) is 0.345. The molecule has 0 aliphatic carbocycles. The number of fused-ring (bicyclic) bond motifs is 2. The van der Waals surface area contributed by atoms with Gasteiger partial charge in [0, 0.05) is 24.3 Å². The van der Waals surface area contributed by atoms with E-state index in [-0.39, 0.29) is 24.0 Å². The predicted molar refractivity (Wildman–Crippen MR) is 145 cm³/mol. The smallest absolute Gasteiger partial charge is 0.263 e. The van der Waals surface area contributed by atoms with Gasteiger partial charge in [-0.25, -0.2) is 4.98 Å². The summed E-state index contributed by atoms with van der Waals surface area (Å²) in [5.74, 6) is 0.666. The molecule has 3 aromatic rings. The summed E-state index contributed by atoms with van der Waals surface area (Å²) in [6, 6.07) is 19.7. The number of anilines is 1. The Labute approximate surface area is 222 Å². The second-order valence-corrected chi connectivity index (χ2v) is 10.7. The number of nitrogens with one attached hydrogen (secondary N) is 1. The summed E-state index contributed by atoms with van der Waals surface area (Å²) in [6.45, 7) is 3.53. The number of piperidine rings is 1. The lowest BCUT2D eigenvalue weighted by molar-refractivity contribution is -0.135. The van der Waals surface area contributed by atoms with Crippen molar-refractivity contribution in [2.24, 2.45) is 5.73 Å². The zero-order valence-electron chi connectivity index (χ0n) is 21.0. The summed E-state index contributed by atoms with van der Waals surface area (Å²) < 4.78 is 6.19. The lowest BCUT2D eigenvalue weighted by Crippen LogP contribution is -2.55. The Bertz CT molecular complexity index is 1280. The largest absolute Gasteiger partial charge is 0.476 e. The van der Waals surface area contributed by atoms with Gasteiger partial charge in [0.15, 0.2) is 5.60 Å². The fourth-order valence-electron chi connectivity index (χ4n) is 5.43. The van der Waals surface area contributed by atoms with Gasteiger partial charge in [0.05, 0.1) is 10.6 Å². The molecule has 0 radical (unpaired) electrons. The Morgan fingerprint density at radius 1 is 1.03 bits per heavy atom. The lowest BCUT2D eigenvalue weighted by Gasteiger charge is -2.40. The number of benzene rings is 2. The first kappa shape index (κ1) is 25.1. The molecule has 2 aliphatic heterocycles. The molecule has 0 unspecified atom stereocenters. The number of primary amides is 1. The average molecular weight is 519 g/mol. The van der Waals surface area contributed by atoms with Crippen LogP contribution in [0.4, 0.5) is 5.82 Å². The highest BCUT2D eigenvalue weighted by Crippen LogP contribution is 2.39. The summed E-state index contributed by atoms with van der Waals surface area (Å²) in [7, 11) is 0. The molecule has 2 aromatic carbocycles. The van der Waals surface area contributed by atoms with Crippen molar-refractivity contribution >= 4 is 29.2 Å². The summed E-state index contributed by atoms with van der Waals surface area (Å²) >= 11 is 6.44. The first-order chi connectivity index (χ1) is 17.7. The Balaban J connectivity index is 1.24. The number of halogens is 1. The van der Waals surface area contributed by atoms with Crippen LogP contribution in [0.1, 0.15) is 49.9 Å². The molecule has 7 nitrogen and oxygen atoms in total. The van der Waals surface area contributed by atoms with Crippen LogP contribution in [0, 0.1) is 0 Å². The maximum absolute atomic E-state index is 13.3. The SMILES string of the molecule is CC(C)(Oc1cc(-c2ccccc2)ccc1Cl)C(=O)N[C@H]1C[C@H]2CC[C@@H](C1)N2c1ccc(C(N)=O)cn1. The Hall–Kier alpha value is -3.58. The minimum Gasteiger partial charge on any atom is -0.476 e. The normalized spacial score (nSPS) is 20.9. The van der Waals surface area contributed by atoms with Crippen LogP contribution in [0.5, 0.6) is 5.75 Å². The number of carbonyl (C=O) groups is 2. The molecule has 3 atom stereocenters. The van der Waals surface area contributed by atoms with E-state index < -0.39 is 11.5 Å². The van der Waals surface area contributed by atoms with Crippen molar-refractivity contribution in [1.82, 2.24) is 10.3 Å². The molecule has 2 fully saturated rings. The molecular weight excluding hydrogens is 488 g/mol. The van der Waals surface area contributed by atoms with Crippen molar-refractivity contribution in [3.63, 3.8) is 0 Å². The van der Waals surface area contributed by atoms with Crippen LogP contribution < -0.4 is 20.7 Å². The molecule has 2 aliphatic rings. The van der Waals surface area contributed by atoms with Gasteiger partial charge < -0.3 is 20.7 Å². The van der Waals surface area contributed by atoms with Gasteiger partial charge in [-0.2, -0.15) is 0 Å². The van der Waals surface area contributed by atoms with E-state index in [0.29, 0.717) is 16.3 Å². The minimum atomic E-state index is -1.11. The highest BCUT2D eigenvalue weighted by Gasteiger charge is 2.43. The van der Waals surface area contributed by atoms with E-state index in [1.807, 2.05) is 48.5 Å². The highest BCUT2D eigenvalue weighted by molar-refractivity contribution is 6.32. The molecule has 3 heterocycles. The van der Waals surface area contributed by atoms with E-state index in [1.165, 1.54) is 6.20 Å². The number of ether oxygens (including phenoxy) is 1. The molecule has 8 heteroatoms. The van der Waals surface area contributed by atoms with Crippen molar-refractivity contribution in [3.05, 3.63) is 77.4 Å². The monoisotopic (exact) mass is 518 g/mol. The van der Waals surface area contributed by atoms with E-state index in [9.17, 15) is 9.59 Å². The highest BCUT2D eigenvalue weighted by atomic mass is 35.5. The second-order valence-electron chi connectivity index (χ2n) is 10.3. The quantitative estimate of drug-likeness (QED) is 0.460. The van der Waals surface area contributed by atoms with E-state index in [1.54, 1.807) is 26.0 Å². The van der Waals surface area contributed by atoms with Gasteiger partial charge in [0.1, 0.15) is 11.6 Å². The molecule has 192 valence electrons. The van der Waals surface area contributed by atoms with Crippen LogP contribution >= 0.6 is 11.6 Å². The Morgan fingerprint density at radius 3 is 2.35 bits per heavy atom. The topological polar surface area (TPSA) is 97.5 Å². The van der Waals surface area contributed by atoms with Crippen LogP contribution in [0.15, 0.2) is 66.9 Å². The zero-order valence-corrected chi connectivity index (χ0v) is 21.7.